The lowest BCUT2D eigenvalue weighted by molar-refractivity contribution is -0.130. The molecule has 0 spiro atoms. The molecule has 0 aromatic carbocycles. The quantitative estimate of drug-likeness (QED) is 0.704. The zero-order valence-corrected chi connectivity index (χ0v) is 12.3. The van der Waals surface area contributed by atoms with Gasteiger partial charge in [-0.3, -0.25) is 4.79 Å². The van der Waals surface area contributed by atoms with Gasteiger partial charge in [-0.25, -0.2) is 0 Å². The fourth-order valence-corrected chi connectivity index (χ4v) is 2.69. The average molecular weight is 271 g/mol. The molecule has 1 aliphatic carbocycles. The molecule has 1 saturated carbocycles. The van der Waals surface area contributed by atoms with E-state index >= 15 is 0 Å². The van der Waals surface area contributed by atoms with Crippen molar-refractivity contribution in [1.82, 2.24) is 9.80 Å². The fourth-order valence-electron chi connectivity index (χ4n) is 2.69. The van der Waals surface area contributed by atoms with Crippen molar-refractivity contribution in [2.45, 2.75) is 50.7 Å². The second-order valence-electron chi connectivity index (χ2n) is 5.61. The lowest BCUT2D eigenvalue weighted by Gasteiger charge is -2.35. The molecule has 1 rings (SSSR count). The first-order valence-corrected chi connectivity index (χ1v) is 7.38. The SMILES string of the molecule is CN(CCCN)C(=O)CCN(C)C1CCCCC1O. The van der Waals surface area contributed by atoms with E-state index < -0.39 is 0 Å². The minimum Gasteiger partial charge on any atom is -0.391 e. The molecule has 1 amide bonds. The van der Waals surface area contributed by atoms with E-state index in [1.54, 1.807) is 4.90 Å². The Hall–Kier alpha value is -0.650. The monoisotopic (exact) mass is 271 g/mol. The van der Waals surface area contributed by atoms with E-state index in [4.69, 9.17) is 5.73 Å². The van der Waals surface area contributed by atoms with Gasteiger partial charge in [0, 0.05) is 32.6 Å². The zero-order valence-electron chi connectivity index (χ0n) is 12.3. The van der Waals surface area contributed by atoms with Crippen molar-refractivity contribution in [2.24, 2.45) is 5.73 Å². The third kappa shape index (κ3) is 5.47. The summed E-state index contributed by atoms with van der Waals surface area (Å²) in [5.74, 6) is 0.158. The first-order chi connectivity index (χ1) is 9.06. The van der Waals surface area contributed by atoms with Gasteiger partial charge in [-0.2, -0.15) is 0 Å². The summed E-state index contributed by atoms with van der Waals surface area (Å²) < 4.78 is 0. The highest BCUT2D eigenvalue weighted by molar-refractivity contribution is 5.76. The summed E-state index contributed by atoms with van der Waals surface area (Å²) in [6.07, 6.45) is 5.35. The van der Waals surface area contributed by atoms with Gasteiger partial charge in [0.05, 0.1) is 6.10 Å². The molecule has 0 bridgehead atoms. The third-order valence-electron chi connectivity index (χ3n) is 4.06. The van der Waals surface area contributed by atoms with Gasteiger partial charge in [0.1, 0.15) is 0 Å². The molecule has 2 atom stereocenters. The molecular weight excluding hydrogens is 242 g/mol. The van der Waals surface area contributed by atoms with Crippen molar-refractivity contribution in [3.8, 4) is 0 Å². The van der Waals surface area contributed by atoms with E-state index in [-0.39, 0.29) is 18.1 Å². The Morgan fingerprint density at radius 2 is 1.95 bits per heavy atom. The number of rotatable bonds is 7. The van der Waals surface area contributed by atoms with Gasteiger partial charge in [-0.05, 0) is 32.9 Å². The summed E-state index contributed by atoms with van der Waals surface area (Å²) in [7, 11) is 3.83. The molecule has 5 nitrogen and oxygen atoms in total. The molecule has 0 radical (unpaired) electrons. The summed E-state index contributed by atoms with van der Waals surface area (Å²) >= 11 is 0. The Labute approximate surface area is 116 Å². The molecule has 1 aliphatic rings. The average Bonchev–Trinajstić information content (AvgIpc) is 2.42. The molecule has 0 heterocycles. The maximum atomic E-state index is 11.9. The molecule has 2 unspecified atom stereocenters. The number of carbonyl (C=O) groups is 1. The number of hydrogen-bond donors (Lipinski definition) is 2. The van der Waals surface area contributed by atoms with Gasteiger partial charge in [0.15, 0.2) is 0 Å². The predicted molar refractivity (Wildman–Crippen MR) is 76.8 cm³/mol. The van der Waals surface area contributed by atoms with Crippen LogP contribution in [0.25, 0.3) is 0 Å². The van der Waals surface area contributed by atoms with Crippen LogP contribution in [0.1, 0.15) is 38.5 Å². The number of nitrogens with zero attached hydrogens (tertiary/aromatic N) is 2. The van der Waals surface area contributed by atoms with Crippen molar-refractivity contribution in [3.63, 3.8) is 0 Å². The molecular formula is C14H29N3O2. The van der Waals surface area contributed by atoms with Crippen LogP contribution < -0.4 is 5.73 Å². The summed E-state index contributed by atoms with van der Waals surface area (Å²) in [4.78, 5) is 15.8. The number of nitrogens with two attached hydrogens (primary N) is 1. The first-order valence-electron chi connectivity index (χ1n) is 7.38. The van der Waals surface area contributed by atoms with Crippen LogP contribution in [0.4, 0.5) is 0 Å². The van der Waals surface area contributed by atoms with E-state index in [9.17, 15) is 9.90 Å². The lowest BCUT2D eigenvalue weighted by Crippen LogP contribution is -2.44. The normalized spacial score (nSPS) is 23.6. The highest BCUT2D eigenvalue weighted by atomic mass is 16.3. The first kappa shape index (κ1) is 16.4. The van der Waals surface area contributed by atoms with E-state index in [1.165, 1.54) is 6.42 Å². The van der Waals surface area contributed by atoms with Crippen molar-refractivity contribution in [3.05, 3.63) is 0 Å². The molecule has 0 aromatic rings. The van der Waals surface area contributed by atoms with E-state index in [1.807, 2.05) is 14.1 Å². The molecule has 5 heteroatoms. The molecule has 19 heavy (non-hydrogen) atoms. The number of hydrogen-bond acceptors (Lipinski definition) is 4. The topological polar surface area (TPSA) is 69.8 Å². The molecule has 1 fully saturated rings. The van der Waals surface area contributed by atoms with Gasteiger partial charge in [0.25, 0.3) is 0 Å². The van der Waals surface area contributed by atoms with Crippen molar-refractivity contribution in [1.29, 1.82) is 0 Å². The van der Waals surface area contributed by atoms with Crippen LogP contribution in [0.5, 0.6) is 0 Å². The van der Waals surface area contributed by atoms with Gasteiger partial charge < -0.3 is 20.6 Å². The number of aliphatic hydroxyl groups is 1. The molecule has 112 valence electrons. The van der Waals surface area contributed by atoms with Crippen LogP contribution in [0, 0.1) is 0 Å². The van der Waals surface area contributed by atoms with E-state index in [0.29, 0.717) is 19.5 Å². The largest absolute Gasteiger partial charge is 0.391 e. The van der Waals surface area contributed by atoms with E-state index in [2.05, 4.69) is 4.90 Å². The number of amides is 1. The molecule has 0 aliphatic heterocycles. The zero-order chi connectivity index (χ0) is 14.3. The minimum absolute atomic E-state index is 0.158. The maximum Gasteiger partial charge on any atom is 0.223 e. The predicted octanol–water partition coefficient (Wildman–Crippen LogP) is 0.419. The number of carbonyl (C=O) groups excluding carboxylic acids is 1. The van der Waals surface area contributed by atoms with Crippen LogP contribution >= 0.6 is 0 Å². The Morgan fingerprint density at radius 1 is 1.26 bits per heavy atom. The third-order valence-corrected chi connectivity index (χ3v) is 4.06. The second-order valence-corrected chi connectivity index (χ2v) is 5.61. The van der Waals surface area contributed by atoms with Gasteiger partial charge in [-0.1, -0.05) is 12.8 Å². The van der Waals surface area contributed by atoms with Crippen LogP contribution in [0.2, 0.25) is 0 Å². The highest BCUT2D eigenvalue weighted by Gasteiger charge is 2.26. The maximum absolute atomic E-state index is 11.9. The van der Waals surface area contributed by atoms with Crippen LogP contribution in [-0.4, -0.2) is 66.7 Å². The standard InChI is InChI=1S/C14H29N3O2/c1-16(12-6-3-4-7-13(12)18)11-8-14(19)17(2)10-5-9-15/h12-13,18H,3-11,15H2,1-2H3. The highest BCUT2D eigenvalue weighted by Crippen LogP contribution is 2.22. The summed E-state index contributed by atoms with van der Waals surface area (Å²) in [6.45, 7) is 2.06. The van der Waals surface area contributed by atoms with Crippen LogP contribution in [0.3, 0.4) is 0 Å². The molecule has 3 N–H and O–H groups in total. The Balaban J connectivity index is 2.28. The summed E-state index contributed by atoms with van der Waals surface area (Å²) in [5, 5.41) is 9.98. The minimum atomic E-state index is -0.233. The second kappa shape index (κ2) is 8.51. The van der Waals surface area contributed by atoms with Crippen molar-refractivity contribution < 1.29 is 9.90 Å². The van der Waals surface area contributed by atoms with Crippen molar-refractivity contribution in [2.75, 3.05) is 33.7 Å². The van der Waals surface area contributed by atoms with Crippen LogP contribution in [0.15, 0.2) is 0 Å². The Morgan fingerprint density at radius 3 is 2.58 bits per heavy atom. The van der Waals surface area contributed by atoms with Gasteiger partial charge >= 0.3 is 0 Å². The molecule has 0 saturated heterocycles. The Kier molecular flexibility index (Phi) is 7.34. The van der Waals surface area contributed by atoms with Gasteiger partial charge in [-0.15, -0.1) is 0 Å². The van der Waals surface area contributed by atoms with E-state index in [0.717, 1.165) is 32.2 Å². The van der Waals surface area contributed by atoms with Crippen LogP contribution in [-0.2, 0) is 4.79 Å². The van der Waals surface area contributed by atoms with Crippen molar-refractivity contribution >= 4 is 5.91 Å². The summed E-state index contributed by atoms with van der Waals surface area (Å²) in [5.41, 5.74) is 5.44. The lowest BCUT2D eigenvalue weighted by atomic mass is 9.91. The number of aliphatic hydroxyl groups excluding tert-OH is 1. The fraction of sp³-hybridized carbons (Fsp3) is 0.929. The Bertz CT molecular complexity index is 273. The molecule has 0 aromatic heterocycles. The smallest absolute Gasteiger partial charge is 0.223 e. The number of likely N-dealkylation sites (N-methyl/N-ethyl adjacent to an activating group) is 1. The van der Waals surface area contributed by atoms with Gasteiger partial charge in [0.2, 0.25) is 5.91 Å². The summed E-state index contributed by atoms with van der Waals surface area (Å²) in [6, 6.07) is 0.218.